The molecule has 10 heteroatoms. The number of amides is 1. The van der Waals surface area contributed by atoms with Crippen LogP contribution < -0.4 is 5.32 Å². The molecule has 1 amide bonds. The lowest BCUT2D eigenvalue weighted by Crippen LogP contribution is -2.29. The van der Waals surface area contributed by atoms with Gasteiger partial charge in [-0.2, -0.15) is 5.10 Å². The molecule has 0 aliphatic rings. The molecule has 1 N–H and O–H groups in total. The fraction of sp³-hybridized carbons (Fsp3) is 0.286. The van der Waals surface area contributed by atoms with Gasteiger partial charge in [0.2, 0.25) is 0 Å². The summed E-state index contributed by atoms with van der Waals surface area (Å²) in [6, 6.07) is 5.74. The molecule has 0 bridgehead atoms. The molecule has 0 saturated carbocycles. The largest absolute Gasteiger partial charge is 0.345 e. The molecule has 1 aromatic carbocycles. The summed E-state index contributed by atoms with van der Waals surface area (Å²) in [5.74, 6) is -1.92. The van der Waals surface area contributed by atoms with Crippen molar-refractivity contribution in [1.29, 1.82) is 0 Å². The maximum absolute atomic E-state index is 14.1. The third-order valence-corrected chi connectivity index (χ3v) is 5.82. The Bertz CT molecular complexity index is 1210. The Balaban J connectivity index is 1.86. The lowest BCUT2D eigenvalue weighted by Gasteiger charge is -2.18. The van der Waals surface area contributed by atoms with Crippen molar-refractivity contribution in [3.8, 4) is 5.69 Å². The Morgan fingerprint density at radius 1 is 1.19 bits per heavy atom. The summed E-state index contributed by atoms with van der Waals surface area (Å²) in [5, 5.41) is 6.93. The number of hydrogen-bond donors (Lipinski definition) is 1. The third-order valence-electron chi connectivity index (χ3n) is 4.82. The maximum atomic E-state index is 14.1. The second-order valence-electron chi connectivity index (χ2n) is 7.17. The Hall–Kier alpha value is -3.14. The van der Waals surface area contributed by atoms with Gasteiger partial charge in [0.15, 0.2) is 20.7 Å². The van der Waals surface area contributed by atoms with Crippen LogP contribution in [0.15, 0.2) is 47.8 Å². The number of rotatable bonds is 7. The molecule has 2 heterocycles. The van der Waals surface area contributed by atoms with E-state index >= 15 is 0 Å². The summed E-state index contributed by atoms with van der Waals surface area (Å²) in [7, 11) is -3.42. The molecule has 0 fully saturated rings. The summed E-state index contributed by atoms with van der Waals surface area (Å²) in [5.41, 5.74) is 1.33. The molecule has 3 aromatic rings. The molecule has 1 atom stereocenters. The van der Waals surface area contributed by atoms with Gasteiger partial charge in [-0.3, -0.25) is 4.79 Å². The standard InChI is InChI=1S/C21H22F2N4O3S/c1-4-5-18(14-6-9-20(24-11-14)31(3,29)30)26-21(28)16-12-25-27(13(16)2)19-8-7-15(22)10-17(19)23/h6-12,18H,4-5H2,1-3H3,(H,26,28). The van der Waals surface area contributed by atoms with E-state index in [0.29, 0.717) is 17.7 Å². The first-order valence-corrected chi connectivity index (χ1v) is 11.5. The van der Waals surface area contributed by atoms with Crippen molar-refractivity contribution < 1.29 is 22.0 Å². The van der Waals surface area contributed by atoms with Crippen LogP contribution in [0.3, 0.4) is 0 Å². The Morgan fingerprint density at radius 2 is 1.94 bits per heavy atom. The highest BCUT2D eigenvalue weighted by molar-refractivity contribution is 7.90. The van der Waals surface area contributed by atoms with Gasteiger partial charge in [0.25, 0.3) is 5.91 Å². The molecule has 7 nitrogen and oxygen atoms in total. The van der Waals surface area contributed by atoms with Crippen molar-refractivity contribution in [1.82, 2.24) is 20.1 Å². The molecule has 0 spiro atoms. The molecule has 0 saturated heterocycles. The van der Waals surface area contributed by atoms with E-state index in [1.54, 1.807) is 13.0 Å². The van der Waals surface area contributed by atoms with Gasteiger partial charge >= 0.3 is 0 Å². The first kappa shape index (κ1) is 22.5. The molecule has 31 heavy (non-hydrogen) atoms. The topological polar surface area (TPSA) is 94.0 Å². The zero-order chi connectivity index (χ0) is 22.8. The summed E-state index contributed by atoms with van der Waals surface area (Å²) >= 11 is 0. The van der Waals surface area contributed by atoms with Gasteiger partial charge in [0, 0.05) is 18.5 Å². The van der Waals surface area contributed by atoms with Gasteiger partial charge in [0.05, 0.1) is 23.5 Å². The van der Waals surface area contributed by atoms with Crippen molar-refractivity contribution in [2.45, 2.75) is 37.8 Å². The van der Waals surface area contributed by atoms with Gasteiger partial charge in [0.1, 0.15) is 11.5 Å². The molecule has 164 valence electrons. The highest BCUT2D eigenvalue weighted by atomic mass is 32.2. The quantitative estimate of drug-likeness (QED) is 0.597. The van der Waals surface area contributed by atoms with E-state index in [0.717, 1.165) is 24.8 Å². The number of nitrogens with zero attached hydrogens (tertiary/aromatic N) is 3. The minimum Gasteiger partial charge on any atom is -0.345 e. The monoisotopic (exact) mass is 448 g/mol. The van der Waals surface area contributed by atoms with Crippen LogP contribution >= 0.6 is 0 Å². The highest BCUT2D eigenvalue weighted by Crippen LogP contribution is 2.22. The van der Waals surface area contributed by atoms with Crippen molar-refractivity contribution in [3.05, 3.63) is 71.2 Å². The zero-order valence-electron chi connectivity index (χ0n) is 17.3. The number of hydrogen-bond acceptors (Lipinski definition) is 5. The van der Waals surface area contributed by atoms with Crippen LogP contribution in [0.2, 0.25) is 0 Å². The third kappa shape index (κ3) is 4.96. The highest BCUT2D eigenvalue weighted by Gasteiger charge is 2.21. The molecule has 0 aliphatic carbocycles. The number of carbonyl (C=O) groups excluding carboxylic acids is 1. The number of aromatic nitrogens is 3. The zero-order valence-corrected chi connectivity index (χ0v) is 18.1. The number of sulfone groups is 1. The number of halogens is 2. The average molecular weight is 448 g/mol. The van der Waals surface area contributed by atoms with Gasteiger partial charge in [-0.25, -0.2) is 26.9 Å². The molecular formula is C21H22F2N4O3S. The maximum Gasteiger partial charge on any atom is 0.255 e. The van der Waals surface area contributed by atoms with E-state index in [2.05, 4.69) is 15.4 Å². The smallest absolute Gasteiger partial charge is 0.255 e. The molecule has 2 aromatic heterocycles. The normalized spacial score (nSPS) is 12.5. The van der Waals surface area contributed by atoms with Crippen molar-refractivity contribution >= 4 is 15.7 Å². The van der Waals surface area contributed by atoms with Gasteiger partial charge in [-0.05, 0) is 37.1 Å². The van der Waals surface area contributed by atoms with E-state index < -0.39 is 33.4 Å². The minimum absolute atomic E-state index is 0.0311. The summed E-state index contributed by atoms with van der Waals surface area (Å²) < 4.78 is 51.8. The van der Waals surface area contributed by atoms with E-state index in [-0.39, 0.29) is 16.3 Å². The van der Waals surface area contributed by atoms with Crippen molar-refractivity contribution in [2.24, 2.45) is 0 Å². The fourth-order valence-corrected chi connectivity index (χ4v) is 3.75. The molecule has 1 unspecified atom stereocenters. The molecular weight excluding hydrogens is 426 g/mol. The van der Waals surface area contributed by atoms with Crippen LogP contribution in [0.1, 0.15) is 47.4 Å². The van der Waals surface area contributed by atoms with E-state index in [9.17, 15) is 22.0 Å². The lowest BCUT2D eigenvalue weighted by atomic mass is 10.0. The number of benzene rings is 1. The van der Waals surface area contributed by atoms with Crippen LogP contribution in [0, 0.1) is 18.6 Å². The Morgan fingerprint density at radius 3 is 2.52 bits per heavy atom. The molecule has 3 rings (SSSR count). The van der Waals surface area contributed by atoms with E-state index in [1.807, 2.05) is 6.92 Å². The van der Waals surface area contributed by atoms with E-state index in [1.165, 1.54) is 29.2 Å². The van der Waals surface area contributed by atoms with Gasteiger partial charge in [-0.1, -0.05) is 19.4 Å². The Kier molecular flexibility index (Phi) is 6.49. The number of pyridine rings is 1. The predicted octanol–water partition coefficient (Wildman–Crippen LogP) is 3.53. The predicted molar refractivity (Wildman–Crippen MR) is 111 cm³/mol. The first-order chi connectivity index (χ1) is 14.6. The van der Waals surface area contributed by atoms with Crippen LogP contribution in [-0.2, 0) is 9.84 Å². The summed E-state index contributed by atoms with van der Waals surface area (Å²) in [6.45, 7) is 3.57. The van der Waals surface area contributed by atoms with Crippen LogP contribution in [0.5, 0.6) is 0 Å². The molecule has 0 aliphatic heterocycles. The number of carbonyl (C=O) groups is 1. The SMILES string of the molecule is CCCC(NC(=O)c1cnn(-c2ccc(F)cc2F)c1C)c1ccc(S(C)(=O)=O)nc1. The average Bonchev–Trinajstić information content (AvgIpc) is 3.08. The molecule has 0 radical (unpaired) electrons. The second-order valence-corrected chi connectivity index (χ2v) is 9.13. The lowest BCUT2D eigenvalue weighted by molar-refractivity contribution is 0.0933. The van der Waals surface area contributed by atoms with Gasteiger partial charge < -0.3 is 5.32 Å². The van der Waals surface area contributed by atoms with Crippen LogP contribution in [0.4, 0.5) is 8.78 Å². The fourth-order valence-electron chi connectivity index (χ4n) is 3.19. The van der Waals surface area contributed by atoms with Crippen LogP contribution in [0.25, 0.3) is 5.69 Å². The van der Waals surface area contributed by atoms with Crippen LogP contribution in [-0.4, -0.2) is 35.3 Å². The van der Waals surface area contributed by atoms with Crippen molar-refractivity contribution in [3.63, 3.8) is 0 Å². The first-order valence-electron chi connectivity index (χ1n) is 9.58. The van der Waals surface area contributed by atoms with Gasteiger partial charge in [-0.15, -0.1) is 0 Å². The second kappa shape index (κ2) is 8.93. The van der Waals surface area contributed by atoms with E-state index in [4.69, 9.17) is 0 Å². The summed E-state index contributed by atoms with van der Waals surface area (Å²) in [4.78, 5) is 16.9. The number of nitrogens with one attached hydrogen (secondary N) is 1. The Labute approximate surface area is 179 Å². The summed E-state index contributed by atoms with van der Waals surface area (Å²) in [6.07, 6.45) is 5.19. The van der Waals surface area contributed by atoms with Crippen molar-refractivity contribution in [2.75, 3.05) is 6.26 Å². The minimum atomic E-state index is -3.42.